The van der Waals surface area contributed by atoms with Crippen LogP contribution in [0.4, 0.5) is 0 Å². The van der Waals surface area contributed by atoms with E-state index in [1.165, 1.54) is 128 Å². The first kappa shape index (κ1) is 55.6. The van der Waals surface area contributed by atoms with Crippen LogP contribution in [0.1, 0.15) is 226 Å². The third-order valence-electron chi connectivity index (χ3n) is 10.3. The van der Waals surface area contributed by atoms with Gasteiger partial charge in [-0.15, -0.1) is 0 Å². The first-order valence-corrected chi connectivity index (χ1v) is 26.3. The molecular weight excluding hydrogens is 749 g/mol. The molecule has 336 valence electrons. The molecule has 0 aliphatic rings. The molecule has 4 N–H and O–H groups in total. The predicted octanol–water partition coefficient (Wildman–Crippen LogP) is 13.2. The Hall–Kier alpha value is -1.42. The van der Waals surface area contributed by atoms with Crippen LogP contribution in [0, 0.1) is 0 Å². The fourth-order valence-electron chi connectivity index (χ4n) is 6.63. The van der Waals surface area contributed by atoms with E-state index in [1.54, 1.807) is 23.5 Å². The van der Waals surface area contributed by atoms with Crippen molar-refractivity contribution in [2.24, 2.45) is 21.5 Å². The standard InChI is InChI=1S/C47H92N4O4S2/c1-3-5-7-9-11-13-15-17-19-21-23-28-38-54-46(52)34-42-56-40-30-32-44(48)50-36-26-25-27-37-51-45(49)33-31-41-57-43-35-47(53)55-39-29-24-22-20-18-16-14-12-10-8-6-4-2/h3-43H2,1-2H3,(H2,48,50)(H2,49,51). The van der Waals surface area contributed by atoms with Crippen molar-refractivity contribution >= 4 is 47.1 Å². The monoisotopic (exact) mass is 841 g/mol. The van der Waals surface area contributed by atoms with Crippen molar-refractivity contribution in [2.45, 2.75) is 226 Å². The van der Waals surface area contributed by atoms with Crippen LogP contribution in [-0.2, 0) is 19.1 Å². The molecule has 10 heteroatoms. The van der Waals surface area contributed by atoms with Gasteiger partial charge in [0.1, 0.15) is 0 Å². The first-order chi connectivity index (χ1) is 28.0. The molecule has 0 radical (unpaired) electrons. The lowest BCUT2D eigenvalue weighted by atomic mass is 10.1. The molecular formula is C47H92N4O4S2. The van der Waals surface area contributed by atoms with Crippen molar-refractivity contribution in [3.05, 3.63) is 0 Å². The van der Waals surface area contributed by atoms with Crippen LogP contribution in [0.3, 0.4) is 0 Å². The summed E-state index contributed by atoms with van der Waals surface area (Å²) in [6.07, 6.45) is 39.1. The van der Waals surface area contributed by atoms with Crippen LogP contribution in [-0.4, -0.2) is 72.9 Å². The number of thioether (sulfide) groups is 2. The van der Waals surface area contributed by atoms with E-state index in [9.17, 15) is 9.59 Å². The molecule has 0 aromatic carbocycles. The summed E-state index contributed by atoms with van der Waals surface area (Å²) in [7, 11) is 0. The summed E-state index contributed by atoms with van der Waals surface area (Å²) >= 11 is 3.58. The molecule has 0 heterocycles. The number of esters is 2. The second-order valence-corrected chi connectivity index (χ2v) is 18.4. The average molecular weight is 841 g/mol. The number of aliphatic imine (C=N–C) groups is 2. The second kappa shape index (κ2) is 47.3. The smallest absolute Gasteiger partial charge is 0.306 e. The molecule has 0 bridgehead atoms. The molecule has 0 atom stereocenters. The SMILES string of the molecule is CCCCCCCCCCCCCCOC(=O)CCSCCCC(N)=NCCCCCN=C(N)CCCSCCC(=O)OCCCCCCCCCCCCCC. The molecule has 0 aromatic rings. The molecule has 0 saturated heterocycles. The van der Waals surface area contributed by atoms with E-state index < -0.39 is 0 Å². The lowest BCUT2D eigenvalue weighted by Gasteiger charge is -2.06. The van der Waals surface area contributed by atoms with E-state index >= 15 is 0 Å². The quantitative estimate of drug-likeness (QED) is 0.0268. The van der Waals surface area contributed by atoms with Gasteiger partial charge in [0.15, 0.2) is 0 Å². The number of nitrogens with zero attached hydrogens (tertiary/aromatic N) is 2. The number of nitrogens with two attached hydrogens (primary N) is 2. The van der Waals surface area contributed by atoms with E-state index in [1.807, 2.05) is 0 Å². The highest BCUT2D eigenvalue weighted by molar-refractivity contribution is 7.99. The highest BCUT2D eigenvalue weighted by atomic mass is 32.2. The average Bonchev–Trinajstić information content (AvgIpc) is 3.20. The van der Waals surface area contributed by atoms with Crippen LogP contribution in [0.15, 0.2) is 9.98 Å². The molecule has 0 saturated carbocycles. The molecule has 8 nitrogen and oxygen atoms in total. The Morgan fingerprint density at radius 1 is 0.386 bits per heavy atom. The molecule has 0 aliphatic heterocycles. The van der Waals surface area contributed by atoms with Gasteiger partial charge in [0.2, 0.25) is 0 Å². The van der Waals surface area contributed by atoms with Gasteiger partial charge in [-0.2, -0.15) is 23.5 Å². The maximum Gasteiger partial charge on any atom is 0.306 e. The third kappa shape index (κ3) is 47.1. The van der Waals surface area contributed by atoms with E-state index in [4.69, 9.17) is 20.9 Å². The van der Waals surface area contributed by atoms with Crippen molar-refractivity contribution < 1.29 is 19.1 Å². The van der Waals surface area contributed by atoms with Crippen molar-refractivity contribution in [3.8, 4) is 0 Å². The van der Waals surface area contributed by atoms with Gasteiger partial charge in [-0.25, -0.2) is 0 Å². The van der Waals surface area contributed by atoms with Crippen molar-refractivity contribution in [1.82, 2.24) is 0 Å². The number of amidine groups is 2. The number of carbonyl (C=O) groups is 2. The van der Waals surface area contributed by atoms with Crippen LogP contribution in [0.25, 0.3) is 0 Å². The highest BCUT2D eigenvalue weighted by Gasteiger charge is 2.05. The van der Waals surface area contributed by atoms with Gasteiger partial charge in [0.25, 0.3) is 0 Å². The summed E-state index contributed by atoms with van der Waals surface area (Å²) in [5.41, 5.74) is 12.2. The molecule has 0 aromatic heterocycles. The molecule has 0 fully saturated rings. The number of unbranched alkanes of at least 4 members (excludes halogenated alkanes) is 24. The minimum Gasteiger partial charge on any atom is -0.466 e. The Balaban J connectivity index is 3.47. The highest BCUT2D eigenvalue weighted by Crippen LogP contribution is 2.14. The lowest BCUT2D eigenvalue weighted by Crippen LogP contribution is -2.13. The van der Waals surface area contributed by atoms with Crippen LogP contribution >= 0.6 is 23.5 Å². The van der Waals surface area contributed by atoms with Crippen molar-refractivity contribution in [2.75, 3.05) is 49.3 Å². The largest absolute Gasteiger partial charge is 0.466 e. The fourth-order valence-corrected chi connectivity index (χ4v) is 8.36. The summed E-state index contributed by atoms with van der Waals surface area (Å²) in [5, 5.41) is 0. The second-order valence-electron chi connectivity index (χ2n) is 16.0. The van der Waals surface area contributed by atoms with Crippen molar-refractivity contribution in [1.29, 1.82) is 0 Å². The minimum absolute atomic E-state index is 0.0684. The molecule has 57 heavy (non-hydrogen) atoms. The van der Waals surface area contributed by atoms with Crippen LogP contribution < -0.4 is 11.5 Å². The Kier molecular flexibility index (Phi) is 46.1. The van der Waals surface area contributed by atoms with Crippen LogP contribution in [0.2, 0.25) is 0 Å². The molecule has 0 aliphatic carbocycles. The lowest BCUT2D eigenvalue weighted by molar-refractivity contribution is -0.144. The zero-order valence-electron chi connectivity index (χ0n) is 37.5. The van der Waals surface area contributed by atoms with Crippen LogP contribution in [0.5, 0.6) is 0 Å². The summed E-state index contributed by atoms with van der Waals surface area (Å²) in [5.74, 6) is 4.88. The zero-order valence-corrected chi connectivity index (χ0v) is 39.1. The topological polar surface area (TPSA) is 129 Å². The Labute approximate surface area is 361 Å². The molecule has 0 spiro atoms. The minimum atomic E-state index is -0.0684. The summed E-state index contributed by atoms with van der Waals surface area (Å²) < 4.78 is 10.8. The number of ether oxygens (including phenoxy) is 2. The number of hydrogen-bond acceptors (Lipinski definition) is 8. The van der Waals surface area contributed by atoms with Gasteiger partial charge in [-0.3, -0.25) is 19.6 Å². The van der Waals surface area contributed by atoms with Gasteiger partial charge < -0.3 is 20.9 Å². The van der Waals surface area contributed by atoms with E-state index in [2.05, 4.69) is 23.8 Å². The van der Waals surface area contributed by atoms with Gasteiger partial charge in [-0.05, 0) is 56.5 Å². The van der Waals surface area contributed by atoms with E-state index in [-0.39, 0.29) is 11.9 Å². The predicted molar refractivity (Wildman–Crippen MR) is 253 cm³/mol. The summed E-state index contributed by atoms with van der Waals surface area (Å²) in [6, 6.07) is 0. The molecule has 0 unspecified atom stereocenters. The van der Waals surface area contributed by atoms with Gasteiger partial charge in [-0.1, -0.05) is 155 Å². The number of carbonyl (C=O) groups excluding carboxylic acids is 2. The fraction of sp³-hybridized carbons (Fsp3) is 0.915. The van der Waals surface area contributed by atoms with E-state index in [0.29, 0.717) is 26.1 Å². The van der Waals surface area contributed by atoms with Gasteiger partial charge in [0.05, 0.1) is 37.7 Å². The maximum absolute atomic E-state index is 12.0. The number of hydrogen-bond donors (Lipinski definition) is 2. The summed E-state index contributed by atoms with van der Waals surface area (Å²) in [4.78, 5) is 33.0. The normalized spacial score (nSPS) is 12.0. The zero-order chi connectivity index (χ0) is 41.5. The number of rotatable bonds is 46. The molecule has 0 amide bonds. The Morgan fingerprint density at radius 2 is 0.684 bits per heavy atom. The Morgan fingerprint density at radius 3 is 1.02 bits per heavy atom. The first-order valence-electron chi connectivity index (χ1n) is 24.0. The third-order valence-corrected chi connectivity index (χ3v) is 12.5. The van der Waals surface area contributed by atoms with E-state index in [0.717, 1.165) is 118 Å². The molecule has 0 rings (SSSR count). The van der Waals surface area contributed by atoms with Crippen molar-refractivity contribution in [3.63, 3.8) is 0 Å². The maximum atomic E-state index is 12.0. The van der Waals surface area contributed by atoms with Gasteiger partial charge >= 0.3 is 11.9 Å². The van der Waals surface area contributed by atoms with Gasteiger partial charge in [0, 0.05) is 37.4 Å². The summed E-state index contributed by atoms with van der Waals surface area (Å²) in [6.45, 7) is 7.19. The Bertz CT molecular complexity index is 865.